The number of ether oxygens (including phenoxy) is 1. The Kier molecular flexibility index (Phi) is 9.70. The molecule has 0 N–H and O–H groups in total. The van der Waals surface area contributed by atoms with Gasteiger partial charge in [0.15, 0.2) is 0 Å². The molecule has 0 aromatic carbocycles. The van der Waals surface area contributed by atoms with E-state index < -0.39 is 0 Å². The van der Waals surface area contributed by atoms with Gasteiger partial charge in [-0.15, -0.1) is 0 Å². The molecule has 146 valence electrons. The maximum absolute atomic E-state index is 12.7. The second-order valence-corrected chi connectivity index (χ2v) is 10.3. The topological polar surface area (TPSA) is 39.2 Å². The second kappa shape index (κ2) is 11.8. The Morgan fingerprint density at radius 3 is 2.35 bits per heavy atom. The second-order valence-electron chi connectivity index (χ2n) is 7.39. The molecule has 0 amide bonds. The molecule has 3 nitrogen and oxygen atoms in total. The zero-order valence-electron chi connectivity index (χ0n) is 16.6. The number of nitrogens with zero attached hydrogens (tertiary/aromatic N) is 1. The summed E-state index contributed by atoms with van der Waals surface area (Å²) in [5.74, 6) is 0.00826. The quantitative estimate of drug-likeness (QED) is 0.254. The third kappa shape index (κ3) is 6.39. The number of hydrogen-bond donors (Lipinski definition) is 0. The molecular formula is C22H35NO2Se. The van der Waals surface area contributed by atoms with Crippen molar-refractivity contribution >= 4 is 25.5 Å². The molecule has 4 heteroatoms. The number of carbonyl (C=O) groups is 1. The third-order valence-corrected chi connectivity index (χ3v) is 8.28. The predicted molar refractivity (Wildman–Crippen MR) is 109 cm³/mol. The van der Waals surface area contributed by atoms with Crippen LogP contribution in [0.5, 0.6) is 0 Å². The summed E-state index contributed by atoms with van der Waals surface area (Å²) >= 11 is 0.0924. The number of esters is 1. The molecule has 1 aromatic heterocycles. The van der Waals surface area contributed by atoms with Crippen LogP contribution >= 0.6 is 0 Å². The van der Waals surface area contributed by atoms with Crippen LogP contribution in [0.25, 0.3) is 0 Å². The molecule has 2 rings (SSSR count). The van der Waals surface area contributed by atoms with Crippen LogP contribution < -0.4 is 4.59 Å². The van der Waals surface area contributed by atoms with E-state index in [4.69, 9.17) is 4.74 Å². The van der Waals surface area contributed by atoms with Crippen molar-refractivity contribution in [3.63, 3.8) is 0 Å². The molecule has 0 saturated heterocycles. The van der Waals surface area contributed by atoms with Gasteiger partial charge in [0.25, 0.3) is 0 Å². The van der Waals surface area contributed by atoms with Crippen molar-refractivity contribution in [1.29, 1.82) is 0 Å². The van der Waals surface area contributed by atoms with Crippen LogP contribution in [0.3, 0.4) is 0 Å². The Labute approximate surface area is 165 Å². The van der Waals surface area contributed by atoms with Gasteiger partial charge in [0.05, 0.1) is 0 Å². The zero-order chi connectivity index (χ0) is 18.7. The molecule has 0 fully saturated rings. The van der Waals surface area contributed by atoms with E-state index in [1.54, 1.807) is 0 Å². The number of hydrogen-bond acceptors (Lipinski definition) is 3. The molecule has 0 aliphatic carbocycles. The summed E-state index contributed by atoms with van der Waals surface area (Å²) in [4.78, 5) is 17.2. The summed E-state index contributed by atoms with van der Waals surface area (Å²) in [5.41, 5.74) is 1.26. The fourth-order valence-electron chi connectivity index (χ4n) is 3.70. The molecule has 0 radical (unpaired) electrons. The Balaban J connectivity index is 1.71. The van der Waals surface area contributed by atoms with Crippen molar-refractivity contribution in [2.75, 3.05) is 6.61 Å². The van der Waals surface area contributed by atoms with Gasteiger partial charge in [-0.2, -0.15) is 0 Å². The average Bonchev–Trinajstić information content (AvgIpc) is 3.03. The fourth-order valence-corrected chi connectivity index (χ4v) is 6.57. The van der Waals surface area contributed by atoms with E-state index in [9.17, 15) is 4.79 Å². The van der Waals surface area contributed by atoms with Gasteiger partial charge < -0.3 is 0 Å². The van der Waals surface area contributed by atoms with Gasteiger partial charge in [-0.05, 0) is 0 Å². The number of rotatable bonds is 13. The van der Waals surface area contributed by atoms with E-state index in [0.717, 1.165) is 23.9 Å². The number of fused-ring (bicyclic) bond motifs is 1. The first-order valence-corrected chi connectivity index (χ1v) is 12.2. The van der Waals surface area contributed by atoms with Gasteiger partial charge in [0, 0.05) is 0 Å². The first-order valence-electron chi connectivity index (χ1n) is 10.5. The minimum atomic E-state index is -0.306. The van der Waals surface area contributed by atoms with E-state index in [1.807, 2.05) is 19.2 Å². The molecule has 26 heavy (non-hydrogen) atoms. The van der Waals surface area contributed by atoms with Gasteiger partial charge in [-0.1, -0.05) is 6.92 Å². The third-order valence-electron chi connectivity index (χ3n) is 5.20. The molecule has 1 aliphatic heterocycles. The van der Waals surface area contributed by atoms with Crippen molar-refractivity contribution < 1.29 is 9.53 Å². The minimum absolute atomic E-state index is 0.00826. The van der Waals surface area contributed by atoms with Gasteiger partial charge in [0.2, 0.25) is 0 Å². The molecule has 1 aliphatic rings. The molecule has 1 aromatic rings. The monoisotopic (exact) mass is 425 g/mol. The van der Waals surface area contributed by atoms with Crippen LogP contribution in [0.2, 0.25) is 4.31 Å². The number of unbranched alkanes of at least 4 members (excludes halogenated alkanes) is 9. The van der Waals surface area contributed by atoms with Crippen molar-refractivity contribution in [3.8, 4) is 0 Å². The van der Waals surface area contributed by atoms with Crippen molar-refractivity contribution in [2.24, 2.45) is 0 Å². The van der Waals surface area contributed by atoms with Crippen LogP contribution in [-0.2, 0) is 16.0 Å². The standard InChI is InChI=1S/C22H35NO2Se/c1-3-5-6-7-8-9-10-11-12-13-16-22(21(24)25-4-2)18-19-15-14-17-23-20(19)26-22/h14-15,17H,3-13,16,18H2,1-2H3. The number of pyridine rings is 1. The zero-order valence-corrected chi connectivity index (χ0v) is 18.3. The van der Waals surface area contributed by atoms with E-state index in [-0.39, 0.29) is 25.2 Å². The van der Waals surface area contributed by atoms with Gasteiger partial charge in [0.1, 0.15) is 0 Å². The van der Waals surface area contributed by atoms with E-state index in [1.165, 1.54) is 63.4 Å². The van der Waals surface area contributed by atoms with Gasteiger partial charge in [-0.25, -0.2) is 0 Å². The average molecular weight is 424 g/mol. The first-order chi connectivity index (χ1) is 12.7. The SMILES string of the molecule is CCCCCCCCCCCCC1(C(=O)OCC)Cc2cccnc2[Se]1. The fraction of sp³-hybridized carbons (Fsp3) is 0.727. The van der Waals surface area contributed by atoms with E-state index in [0.29, 0.717) is 6.61 Å². The van der Waals surface area contributed by atoms with Crippen LogP contribution in [0.15, 0.2) is 18.3 Å². The number of carbonyl (C=O) groups excluding carboxylic acids is 1. The Morgan fingerprint density at radius 2 is 1.73 bits per heavy atom. The summed E-state index contributed by atoms with van der Waals surface area (Å²) in [6.07, 6.45) is 16.9. The molecular weight excluding hydrogens is 389 g/mol. The molecule has 0 bridgehead atoms. The summed E-state index contributed by atoms with van der Waals surface area (Å²) in [5, 5.41) is 0. The summed E-state index contributed by atoms with van der Waals surface area (Å²) in [6, 6.07) is 4.11. The Hall–Kier alpha value is -0.861. The Morgan fingerprint density at radius 1 is 1.08 bits per heavy atom. The first kappa shape index (κ1) is 21.4. The summed E-state index contributed by atoms with van der Waals surface area (Å²) in [7, 11) is 0. The molecule has 0 spiro atoms. The van der Waals surface area contributed by atoms with E-state index in [2.05, 4.69) is 18.0 Å². The van der Waals surface area contributed by atoms with Crippen molar-refractivity contribution in [2.45, 2.75) is 95.2 Å². The van der Waals surface area contributed by atoms with E-state index >= 15 is 0 Å². The molecule has 1 unspecified atom stereocenters. The Bertz CT molecular complexity index is 522. The van der Waals surface area contributed by atoms with Gasteiger partial charge in [-0.3, -0.25) is 0 Å². The summed E-state index contributed by atoms with van der Waals surface area (Å²) in [6.45, 7) is 4.64. The summed E-state index contributed by atoms with van der Waals surface area (Å²) < 4.78 is 6.30. The van der Waals surface area contributed by atoms with Crippen molar-refractivity contribution in [1.82, 2.24) is 4.98 Å². The van der Waals surface area contributed by atoms with Crippen LogP contribution in [0, 0.1) is 0 Å². The van der Waals surface area contributed by atoms with Gasteiger partial charge >= 0.3 is 159 Å². The molecule has 0 saturated carbocycles. The van der Waals surface area contributed by atoms with Crippen LogP contribution in [0.4, 0.5) is 0 Å². The molecule has 1 atom stereocenters. The van der Waals surface area contributed by atoms with Crippen LogP contribution in [0.1, 0.15) is 90.0 Å². The molecule has 2 heterocycles. The maximum atomic E-state index is 12.7. The van der Waals surface area contributed by atoms with Crippen LogP contribution in [-0.4, -0.2) is 32.5 Å². The number of aromatic nitrogens is 1. The predicted octanol–water partition coefficient (Wildman–Crippen LogP) is 5.00. The van der Waals surface area contributed by atoms with Crippen molar-refractivity contribution in [3.05, 3.63) is 23.9 Å². The normalized spacial score (nSPS) is 18.7.